The number of ether oxygens (including phenoxy) is 1. The summed E-state index contributed by atoms with van der Waals surface area (Å²) in [6.07, 6.45) is 3.73. The van der Waals surface area contributed by atoms with Crippen LogP contribution in [0.5, 0.6) is 5.75 Å². The molecule has 1 unspecified atom stereocenters. The van der Waals surface area contributed by atoms with Gasteiger partial charge < -0.3 is 14.7 Å². The van der Waals surface area contributed by atoms with Gasteiger partial charge >= 0.3 is 5.97 Å². The van der Waals surface area contributed by atoms with Crippen LogP contribution in [0.2, 0.25) is 0 Å². The molecule has 1 aromatic rings. The fraction of sp³-hybridized carbons (Fsp3) is 0.562. The molecule has 2 rings (SSSR count). The van der Waals surface area contributed by atoms with Gasteiger partial charge in [0.15, 0.2) is 0 Å². The van der Waals surface area contributed by atoms with E-state index in [9.17, 15) is 4.79 Å². The predicted molar refractivity (Wildman–Crippen MR) is 78.3 cm³/mol. The number of carbonyl (C=O) groups is 1. The molecule has 1 aliphatic rings. The van der Waals surface area contributed by atoms with Crippen LogP contribution in [0.4, 0.5) is 0 Å². The molecule has 0 aromatic heterocycles. The summed E-state index contributed by atoms with van der Waals surface area (Å²) in [7, 11) is 2.17. The standard InChI is InChI=1S/C16H23NO3/c1-12(13-4-5-13)17(2)10-3-11-20-15-8-6-14(7-9-15)16(18)19/h6-9,12-13H,3-5,10-11H2,1-2H3,(H,18,19). The highest BCUT2D eigenvalue weighted by atomic mass is 16.5. The number of carboxylic acid groups (broad SMARTS) is 1. The Morgan fingerprint density at radius 2 is 2.05 bits per heavy atom. The van der Waals surface area contributed by atoms with Crippen molar-refractivity contribution in [1.29, 1.82) is 0 Å². The van der Waals surface area contributed by atoms with Crippen molar-refractivity contribution < 1.29 is 14.6 Å². The van der Waals surface area contributed by atoms with Gasteiger partial charge in [-0.15, -0.1) is 0 Å². The van der Waals surface area contributed by atoms with E-state index in [1.807, 2.05) is 0 Å². The molecule has 0 spiro atoms. The Balaban J connectivity index is 1.66. The zero-order valence-electron chi connectivity index (χ0n) is 12.2. The van der Waals surface area contributed by atoms with Crippen LogP contribution in [-0.2, 0) is 0 Å². The Bertz CT molecular complexity index is 440. The van der Waals surface area contributed by atoms with Gasteiger partial charge in [0, 0.05) is 12.6 Å². The maximum Gasteiger partial charge on any atom is 0.335 e. The number of hydrogen-bond acceptors (Lipinski definition) is 3. The third-order valence-electron chi connectivity index (χ3n) is 4.02. The highest BCUT2D eigenvalue weighted by molar-refractivity contribution is 5.87. The van der Waals surface area contributed by atoms with Gasteiger partial charge in [-0.3, -0.25) is 0 Å². The average Bonchev–Trinajstić information content (AvgIpc) is 3.27. The number of rotatable bonds is 8. The molecule has 0 bridgehead atoms. The number of benzene rings is 1. The van der Waals surface area contributed by atoms with Crippen molar-refractivity contribution in [2.45, 2.75) is 32.2 Å². The molecule has 4 nitrogen and oxygen atoms in total. The number of hydrogen-bond donors (Lipinski definition) is 1. The SMILES string of the molecule is CC(C1CC1)N(C)CCCOc1ccc(C(=O)O)cc1. The molecule has 0 heterocycles. The van der Waals surface area contributed by atoms with Crippen molar-refractivity contribution >= 4 is 5.97 Å². The second-order valence-electron chi connectivity index (χ2n) is 5.59. The Morgan fingerprint density at radius 1 is 1.40 bits per heavy atom. The summed E-state index contributed by atoms with van der Waals surface area (Å²) in [6.45, 7) is 3.99. The second kappa shape index (κ2) is 6.75. The Kier molecular flexibility index (Phi) is 5.01. The van der Waals surface area contributed by atoms with Crippen molar-refractivity contribution in [3.05, 3.63) is 29.8 Å². The fourth-order valence-electron chi connectivity index (χ4n) is 2.34. The summed E-state index contributed by atoms with van der Waals surface area (Å²) in [5.41, 5.74) is 0.287. The first-order chi connectivity index (χ1) is 9.58. The lowest BCUT2D eigenvalue weighted by molar-refractivity contribution is 0.0697. The quantitative estimate of drug-likeness (QED) is 0.742. The minimum absolute atomic E-state index is 0.287. The van der Waals surface area contributed by atoms with E-state index in [0.29, 0.717) is 12.6 Å². The van der Waals surface area contributed by atoms with Crippen molar-refractivity contribution in [3.8, 4) is 5.75 Å². The van der Waals surface area contributed by atoms with Gasteiger partial charge in [0.2, 0.25) is 0 Å². The topological polar surface area (TPSA) is 49.8 Å². The van der Waals surface area contributed by atoms with E-state index < -0.39 is 5.97 Å². The zero-order valence-corrected chi connectivity index (χ0v) is 12.2. The molecule has 0 aliphatic heterocycles. The Hall–Kier alpha value is -1.55. The van der Waals surface area contributed by atoms with Gasteiger partial charge in [-0.25, -0.2) is 4.79 Å². The van der Waals surface area contributed by atoms with E-state index in [2.05, 4.69) is 18.9 Å². The molecule has 1 atom stereocenters. The molecule has 0 amide bonds. The lowest BCUT2D eigenvalue weighted by atomic mass is 10.2. The molecule has 0 radical (unpaired) electrons. The minimum atomic E-state index is -0.910. The maximum atomic E-state index is 10.7. The van der Waals surface area contributed by atoms with Gasteiger partial charge in [-0.05, 0) is 63.4 Å². The van der Waals surface area contributed by atoms with Crippen LogP contribution in [0.3, 0.4) is 0 Å². The van der Waals surface area contributed by atoms with Gasteiger partial charge in [0.1, 0.15) is 5.75 Å². The van der Waals surface area contributed by atoms with Crippen molar-refractivity contribution in [2.24, 2.45) is 5.92 Å². The van der Waals surface area contributed by atoms with Crippen LogP contribution in [0.25, 0.3) is 0 Å². The first-order valence-electron chi connectivity index (χ1n) is 7.24. The molecule has 1 saturated carbocycles. The van der Waals surface area contributed by atoms with E-state index in [1.54, 1.807) is 24.3 Å². The van der Waals surface area contributed by atoms with Crippen LogP contribution in [-0.4, -0.2) is 42.2 Å². The third kappa shape index (κ3) is 4.23. The summed E-state index contributed by atoms with van der Waals surface area (Å²) >= 11 is 0. The minimum Gasteiger partial charge on any atom is -0.494 e. The van der Waals surface area contributed by atoms with E-state index in [4.69, 9.17) is 9.84 Å². The van der Waals surface area contributed by atoms with Crippen molar-refractivity contribution in [1.82, 2.24) is 4.90 Å². The first kappa shape index (κ1) is 14.9. The number of carboxylic acids is 1. The van der Waals surface area contributed by atoms with E-state index in [-0.39, 0.29) is 5.56 Å². The third-order valence-corrected chi connectivity index (χ3v) is 4.02. The summed E-state index contributed by atoms with van der Waals surface area (Å²) in [5, 5.41) is 8.81. The highest BCUT2D eigenvalue weighted by Gasteiger charge is 2.29. The average molecular weight is 277 g/mol. The summed E-state index contributed by atoms with van der Waals surface area (Å²) in [6, 6.07) is 7.22. The van der Waals surface area contributed by atoms with Crippen LogP contribution in [0.15, 0.2) is 24.3 Å². The summed E-state index contributed by atoms with van der Waals surface area (Å²) in [4.78, 5) is 13.1. The summed E-state index contributed by atoms with van der Waals surface area (Å²) in [5.74, 6) is 0.713. The van der Waals surface area contributed by atoms with Crippen LogP contribution in [0, 0.1) is 5.92 Å². The molecule has 1 aliphatic carbocycles. The monoisotopic (exact) mass is 277 g/mol. The fourth-order valence-corrected chi connectivity index (χ4v) is 2.34. The van der Waals surface area contributed by atoms with Gasteiger partial charge in [-0.2, -0.15) is 0 Å². The molecular formula is C16H23NO3. The lowest BCUT2D eigenvalue weighted by Gasteiger charge is -2.24. The van der Waals surface area contributed by atoms with E-state index in [1.165, 1.54) is 12.8 Å². The molecule has 1 aromatic carbocycles. The zero-order chi connectivity index (χ0) is 14.5. The Labute approximate surface area is 120 Å². The molecule has 4 heteroatoms. The summed E-state index contributed by atoms with van der Waals surface area (Å²) < 4.78 is 5.63. The van der Waals surface area contributed by atoms with Crippen LogP contribution >= 0.6 is 0 Å². The molecular weight excluding hydrogens is 254 g/mol. The van der Waals surface area contributed by atoms with Crippen molar-refractivity contribution in [2.75, 3.05) is 20.2 Å². The van der Waals surface area contributed by atoms with Crippen LogP contribution < -0.4 is 4.74 Å². The van der Waals surface area contributed by atoms with Crippen LogP contribution in [0.1, 0.15) is 36.5 Å². The highest BCUT2D eigenvalue weighted by Crippen LogP contribution is 2.34. The van der Waals surface area contributed by atoms with E-state index in [0.717, 1.165) is 24.6 Å². The molecule has 110 valence electrons. The smallest absolute Gasteiger partial charge is 0.335 e. The normalized spacial score (nSPS) is 16.1. The largest absolute Gasteiger partial charge is 0.494 e. The van der Waals surface area contributed by atoms with E-state index >= 15 is 0 Å². The molecule has 20 heavy (non-hydrogen) atoms. The lowest BCUT2D eigenvalue weighted by Crippen LogP contribution is -2.32. The molecule has 1 fully saturated rings. The Morgan fingerprint density at radius 3 is 2.60 bits per heavy atom. The maximum absolute atomic E-state index is 10.7. The predicted octanol–water partition coefficient (Wildman–Crippen LogP) is 2.88. The van der Waals surface area contributed by atoms with Gasteiger partial charge in [0.05, 0.1) is 12.2 Å². The van der Waals surface area contributed by atoms with Gasteiger partial charge in [-0.1, -0.05) is 0 Å². The molecule has 1 N–H and O–H groups in total. The molecule has 0 saturated heterocycles. The second-order valence-corrected chi connectivity index (χ2v) is 5.59. The number of aromatic carboxylic acids is 1. The first-order valence-corrected chi connectivity index (χ1v) is 7.24. The number of nitrogens with zero attached hydrogens (tertiary/aromatic N) is 1. The van der Waals surface area contributed by atoms with Crippen molar-refractivity contribution in [3.63, 3.8) is 0 Å². The van der Waals surface area contributed by atoms with Gasteiger partial charge in [0.25, 0.3) is 0 Å².